The molecule has 1 aliphatic carbocycles. The lowest BCUT2D eigenvalue weighted by Gasteiger charge is -2.34. The number of hydrogen-bond acceptors (Lipinski definition) is 13. The lowest BCUT2D eigenvalue weighted by molar-refractivity contribution is -0.132. The number of nitrogens with one attached hydrogen (secondary N) is 2. The summed E-state index contributed by atoms with van der Waals surface area (Å²) in [5.74, 6) is 15.0. The number of benzene rings is 2. The Kier molecular flexibility index (Phi) is 14.3. The first-order valence-electron chi connectivity index (χ1n) is 20.4. The molecule has 1 aromatic heterocycles. The first-order chi connectivity index (χ1) is 30.5. The molecule has 0 spiro atoms. The molecule has 3 aliphatic heterocycles. The Hall–Kier alpha value is -5.63. The minimum absolute atomic E-state index is 0.0373. The molecular formula is C45H49FN6O10S3. The van der Waals surface area contributed by atoms with Gasteiger partial charge in [-0.3, -0.25) is 34.5 Å². The predicted octanol–water partition coefficient (Wildman–Crippen LogP) is 2.14. The lowest BCUT2D eigenvalue weighted by Crippen LogP contribution is -2.50. The smallest absolute Gasteiger partial charge is 0.264 e. The summed E-state index contributed by atoms with van der Waals surface area (Å²) >= 11 is 1.28. The van der Waals surface area contributed by atoms with Gasteiger partial charge in [-0.1, -0.05) is 35.8 Å². The fourth-order valence-corrected chi connectivity index (χ4v) is 9.82. The Morgan fingerprint density at radius 2 is 1.37 bits per heavy atom. The SMILES string of the molecule is C[C@@](CCN1Cc2cc(C#CC#CC3(N)CC3)ccc2C1=O)(C(=O)NO)S(C)(=O)=O.C[C@@](CCN1Cc2cc(C#Cc3ccc(CN4CC(F)C4)cc3)sc2C1=O)(C(=O)NO)S(C)(=O)=O. The maximum Gasteiger partial charge on any atom is 0.264 e. The molecule has 1 saturated heterocycles. The van der Waals surface area contributed by atoms with Crippen LogP contribution in [0.3, 0.4) is 0 Å². The average molecular weight is 949 g/mol. The molecule has 0 radical (unpaired) electrons. The summed E-state index contributed by atoms with van der Waals surface area (Å²) in [7, 11) is -7.66. The Bertz CT molecular complexity index is 2820. The van der Waals surface area contributed by atoms with Gasteiger partial charge in [0.2, 0.25) is 0 Å². The van der Waals surface area contributed by atoms with Crippen molar-refractivity contribution in [1.82, 2.24) is 25.7 Å². The van der Waals surface area contributed by atoms with Crippen molar-refractivity contribution in [3.05, 3.63) is 91.7 Å². The number of nitrogens with zero attached hydrogens (tertiary/aromatic N) is 3. The number of hydroxylamine groups is 2. The molecular weight excluding hydrogens is 900 g/mol. The minimum Gasteiger partial charge on any atom is -0.334 e. The van der Waals surface area contributed by atoms with Crippen LogP contribution in [0.25, 0.3) is 0 Å². The van der Waals surface area contributed by atoms with Gasteiger partial charge in [0.1, 0.15) is 6.17 Å². The molecule has 2 atom stereocenters. The highest BCUT2D eigenvalue weighted by molar-refractivity contribution is 7.93. The van der Waals surface area contributed by atoms with Crippen LogP contribution in [0.5, 0.6) is 0 Å². The standard InChI is InChI=1S/C24H26FN3O5S2.C21H23N3O5S/c1-24(23(30)26-31,35(2,32)33)9-10-28-13-18-11-20(34-21(18)22(28)29)8-7-16-3-5-17(6-4-16)12-27-14-19(25)15-27;1-20(19(26)23-27,30(2,28)29)11-12-24-14-16-13-15(6-7-17(16)18(24)25)5-3-4-8-21(22)9-10-21/h3-6,11,19,31H,9-10,12-15H2,1-2H3,(H,26,30);6-7,13,27H,9-12,14,22H2,1-2H3,(H,23,26)/t24-;20-/m11/s1. The number of hydrogen-bond donors (Lipinski definition) is 5. The van der Waals surface area contributed by atoms with E-state index in [0.29, 0.717) is 35.6 Å². The van der Waals surface area contributed by atoms with Gasteiger partial charge in [-0.2, -0.15) is 0 Å². The van der Waals surface area contributed by atoms with Gasteiger partial charge in [-0.25, -0.2) is 32.2 Å². The number of rotatable bonds is 12. The molecule has 4 aliphatic rings. The Morgan fingerprint density at radius 1 is 0.815 bits per heavy atom. The third kappa shape index (κ3) is 11.1. The zero-order chi connectivity index (χ0) is 47.5. The number of fused-ring (bicyclic) bond motifs is 2. The normalized spacial score (nSPS) is 18.0. The maximum atomic E-state index is 12.9. The number of carbonyl (C=O) groups is 4. The van der Waals surface area contributed by atoms with E-state index in [0.717, 1.165) is 59.0 Å². The molecule has 6 N–H and O–H groups in total. The van der Waals surface area contributed by atoms with Crippen LogP contribution in [0.15, 0.2) is 48.5 Å². The van der Waals surface area contributed by atoms with Gasteiger partial charge in [-0.05, 0) is 104 Å². The highest BCUT2D eigenvalue weighted by Crippen LogP contribution is 2.33. The van der Waals surface area contributed by atoms with Crippen molar-refractivity contribution < 1.29 is 50.8 Å². The van der Waals surface area contributed by atoms with E-state index in [-0.39, 0.29) is 49.8 Å². The zero-order valence-electron chi connectivity index (χ0n) is 36.2. The highest BCUT2D eigenvalue weighted by Gasteiger charge is 2.46. The van der Waals surface area contributed by atoms with Crippen molar-refractivity contribution >= 4 is 54.6 Å². The second-order valence-corrected chi connectivity index (χ2v) is 23.0. The summed E-state index contributed by atoms with van der Waals surface area (Å²) in [6.07, 6.45) is 2.61. The van der Waals surface area contributed by atoms with Crippen LogP contribution in [0.4, 0.5) is 4.39 Å². The summed E-state index contributed by atoms with van der Waals surface area (Å²) in [4.78, 5) is 55.7. The fourth-order valence-electron chi connectivity index (χ4n) is 7.14. The molecule has 4 amide bonds. The van der Waals surface area contributed by atoms with Crippen LogP contribution < -0.4 is 16.7 Å². The summed E-state index contributed by atoms with van der Waals surface area (Å²) in [5.41, 5.74) is 13.1. The lowest BCUT2D eigenvalue weighted by atomic mass is 10.1. The molecule has 4 heterocycles. The quantitative estimate of drug-likeness (QED) is 0.0999. The monoisotopic (exact) mass is 948 g/mol. The van der Waals surface area contributed by atoms with Gasteiger partial charge in [0.25, 0.3) is 23.6 Å². The third-order valence-electron chi connectivity index (χ3n) is 12.1. The minimum atomic E-state index is -3.83. The van der Waals surface area contributed by atoms with Crippen LogP contribution in [-0.4, -0.2) is 125 Å². The van der Waals surface area contributed by atoms with E-state index in [1.54, 1.807) is 18.2 Å². The van der Waals surface area contributed by atoms with Crippen LogP contribution in [0.2, 0.25) is 0 Å². The molecule has 2 aromatic carbocycles. The molecule has 0 bridgehead atoms. The number of sulfone groups is 2. The molecule has 0 unspecified atom stereocenters. The third-order valence-corrected chi connectivity index (χ3v) is 17.3. The predicted molar refractivity (Wildman–Crippen MR) is 239 cm³/mol. The van der Waals surface area contributed by atoms with E-state index in [9.17, 15) is 40.4 Å². The number of alkyl halides is 1. The second kappa shape index (κ2) is 19.1. The Morgan fingerprint density at radius 3 is 1.89 bits per heavy atom. The molecule has 65 heavy (non-hydrogen) atoms. The molecule has 20 heteroatoms. The van der Waals surface area contributed by atoms with E-state index >= 15 is 0 Å². The average Bonchev–Trinajstić information content (AvgIpc) is 3.56. The molecule has 7 rings (SSSR count). The molecule has 1 saturated carbocycles. The van der Waals surface area contributed by atoms with Gasteiger partial charge in [0, 0.05) is 75.0 Å². The van der Waals surface area contributed by atoms with E-state index < -0.39 is 47.2 Å². The summed E-state index contributed by atoms with van der Waals surface area (Å²) < 4.78 is 57.7. The number of nitrogens with two attached hydrogens (primary N) is 1. The Labute approximate surface area is 381 Å². The van der Waals surface area contributed by atoms with Crippen LogP contribution >= 0.6 is 11.3 Å². The van der Waals surface area contributed by atoms with Crippen molar-refractivity contribution in [2.45, 2.75) is 80.4 Å². The van der Waals surface area contributed by atoms with Gasteiger partial charge in [-0.15, -0.1) is 11.3 Å². The van der Waals surface area contributed by atoms with Crippen molar-refractivity contribution in [2.75, 3.05) is 38.7 Å². The van der Waals surface area contributed by atoms with Gasteiger partial charge >= 0.3 is 0 Å². The molecule has 344 valence electrons. The van der Waals surface area contributed by atoms with Crippen molar-refractivity contribution in [3.63, 3.8) is 0 Å². The number of likely N-dealkylation sites (tertiary alicyclic amines) is 1. The largest absolute Gasteiger partial charge is 0.334 e. The molecule has 3 aromatic rings. The number of amides is 4. The number of carbonyl (C=O) groups excluding carboxylic acids is 4. The molecule has 16 nitrogen and oxygen atoms in total. The van der Waals surface area contributed by atoms with Gasteiger partial charge in [0.05, 0.1) is 15.3 Å². The van der Waals surface area contributed by atoms with Crippen LogP contribution in [-0.2, 0) is 48.9 Å². The van der Waals surface area contributed by atoms with E-state index in [2.05, 4.69) is 35.5 Å². The summed E-state index contributed by atoms with van der Waals surface area (Å²) in [5, 5.41) is 17.9. The highest BCUT2D eigenvalue weighted by atomic mass is 32.2. The van der Waals surface area contributed by atoms with Crippen LogP contribution in [0, 0.1) is 35.5 Å². The van der Waals surface area contributed by atoms with E-state index in [1.165, 1.54) is 45.9 Å². The van der Waals surface area contributed by atoms with Crippen LogP contribution in [0.1, 0.15) is 92.3 Å². The van der Waals surface area contributed by atoms with Gasteiger partial charge < -0.3 is 15.5 Å². The zero-order valence-corrected chi connectivity index (χ0v) is 38.6. The number of thiophene rings is 1. The Balaban J connectivity index is 0.000000218. The van der Waals surface area contributed by atoms with Crippen molar-refractivity contribution in [3.8, 4) is 35.5 Å². The van der Waals surface area contributed by atoms with E-state index in [1.807, 2.05) is 35.2 Å². The van der Waals surface area contributed by atoms with Crippen molar-refractivity contribution in [2.24, 2.45) is 5.73 Å². The second-order valence-electron chi connectivity index (χ2n) is 17.1. The first-order valence-corrected chi connectivity index (χ1v) is 25.0. The van der Waals surface area contributed by atoms with Gasteiger partial charge in [0.15, 0.2) is 29.2 Å². The maximum absolute atomic E-state index is 12.9. The summed E-state index contributed by atoms with van der Waals surface area (Å²) in [6.45, 7) is 4.81. The summed E-state index contributed by atoms with van der Waals surface area (Å²) in [6, 6.07) is 14.9. The molecule has 2 fully saturated rings. The van der Waals surface area contributed by atoms with Crippen molar-refractivity contribution in [1.29, 1.82) is 0 Å². The first kappa shape index (κ1) is 48.8. The topological polar surface area (TPSA) is 237 Å². The number of halogens is 1. The fraction of sp³-hybridized carbons (Fsp3) is 0.422. The van der Waals surface area contributed by atoms with E-state index in [4.69, 9.17) is 16.1 Å².